The van der Waals surface area contributed by atoms with Gasteiger partial charge in [0.05, 0.1) is 24.5 Å². The second kappa shape index (κ2) is 10.6. The molecule has 1 aromatic carbocycles. The molecule has 0 saturated carbocycles. The average Bonchev–Trinajstić information content (AvgIpc) is 3.29. The number of benzene rings is 1. The number of carbonyl (C=O) groups is 2. The van der Waals surface area contributed by atoms with Gasteiger partial charge in [0.15, 0.2) is 0 Å². The summed E-state index contributed by atoms with van der Waals surface area (Å²) in [6.45, 7) is 9.97. The second-order valence-electron chi connectivity index (χ2n) is 9.35. The number of amides is 2. The van der Waals surface area contributed by atoms with Crippen molar-refractivity contribution in [3.8, 4) is 5.69 Å². The second-order valence-corrected chi connectivity index (χ2v) is 9.78. The molecule has 1 N–H and O–H groups in total. The fourth-order valence-electron chi connectivity index (χ4n) is 4.80. The van der Waals surface area contributed by atoms with Gasteiger partial charge in [-0.3, -0.25) is 19.4 Å². The van der Waals surface area contributed by atoms with Crippen LogP contribution in [0.2, 0.25) is 5.02 Å². The van der Waals surface area contributed by atoms with Crippen LogP contribution in [0.25, 0.3) is 5.69 Å². The number of hydrogen-bond donors (Lipinski definition) is 1. The lowest BCUT2D eigenvalue weighted by Crippen LogP contribution is -2.52. The number of carbonyl (C=O) groups excluding carboxylic acids is 2. The van der Waals surface area contributed by atoms with Gasteiger partial charge in [-0.05, 0) is 36.5 Å². The molecule has 2 aliphatic heterocycles. The van der Waals surface area contributed by atoms with Gasteiger partial charge in [0.25, 0.3) is 0 Å². The number of piperazine rings is 1. The zero-order valence-corrected chi connectivity index (χ0v) is 20.0. The van der Waals surface area contributed by atoms with Crippen molar-refractivity contribution in [1.82, 2.24) is 29.5 Å². The Labute approximate surface area is 199 Å². The highest BCUT2D eigenvalue weighted by Crippen LogP contribution is 2.24. The molecule has 33 heavy (non-hydrogen) atoms. The first kappa shape index (κ1) is 23.7. The van der Waals surface area contributed by atoms with Gasteiger partial charge in [0.2, 0.25) is 11.8 Å². The standard InChI is InChI=1S/C23H32ClN7O2/c1-17-9-18(2)12-30(11-17)23(33)14-29-7-5-28(6-8-29)13-22(32)27-20-10-19(24)3-4-21(20)31-16-25-15-26-31/h3-4,10,15-18H,5-9,11-14H2,1-2H3,(H,27,32)/t17-,18+. The highest BCUT2D eigenvalue weighted by Gasteiger charge is 2.28. The fraction of sp³-hybridized carbons (Fsp3) is 0.565. The molecular formula is C23H32ClN7O2. The average molecular weight is 474 g/mol. The SMILES string of the molecule is C[C@@H]1C[C@H](C)CN(C(=O)CN2CCN(CC(=O)Nc3cc(Cl)ccc3-n3cncn3)CC2)C1. The molecule has 0 aliphatic carbocycles. The minimum Gasteiger partial charge on any atom is -0.341 e. The molecule has 2 atom stereocenters. The van der Waals surface area contributed by atoms with E-state index >= 15 is 0 Å². The zero-order chi connectivity index (χ0) is 23.4. The van der Waals surface area contributed by atoms with Crippen molar-refractivity contribution in [2.24, 2.45) is 11.8 Å². The summed E-state index contributed by atoms with van der Waals surface area (Å²) in [4.78, 5) is 35.8. The number of hydrogen-bond acceptors (Lipinski definition) is 6. The van der Waals surface area contributed by atoms with Crippen LogP contribution in [0.1, 0.15) is 20.3 Å². The van der Waals surface area contributed by atoms with Gasteiger partial charge in [-0.25, -0.2) is 9.67 Å². The Kier molecular flexibility index (Phi) is 7.62. The van der Waals surface area contributed by atoms with Crippen LogP contribution < -0.4 is 5.32 Å². The van der Waals surface area contributed by atoms with E-state index in [0.29, 0.717) is 34.8 Å². The Morgan fingerprint density at radius 1 is 1.06 bits per heavy atom. The van der Waals surface area contributed by atoms with Gasteiger partial charge in [-0.15, -0.1) is 0 Å². The van der Waals surface area contributed by atoms with Crippen molar-refractivity contribution in [2.75, 3.05) is 57.7 Å². The third-order valence-electron chi connectivity index (χ3n) is 6.31. The maximum atomic E-state index is 12.8. The molecule has 3 heterocycles. The minimum absolute atomic E-state index is 0.112. The topological polar surface area (TPSA) is 86.6 Å². The Morgan fingerprint density at radius 3 is 2.36 bits per heavy atom. The van der Waals surface area contributed by atoms with E-state index in [0.717, 1.165) is 39.3 Å². The third-order valence-corrected chi connectivity index (χ3v) is 6.55. The molecule has 2 saturated heterocycles. The van der Waals surface area contributed by atoms with Gasteiger partial charge < -0.3 is 10.2 Å². The summed E-state index contributed by atoms with van der Waals surface area (Å²) in [7, 11) is 0. The van der Waals surface area contributed by atoms with E-state index in [1.165, 1.54) is 12.7 Å². The third kappa shape index (κ3) is 6.31. The highest BCUT2D eigenvalue weighted by molar-refractivity contribution is 6.31. The molecule has 4 rings (SSSR count). The molecule has 2 amide bonds. The Bertz CT molecular complexity index is 950. The summed E-state index contributed by atoms with van der Waals surface area (Å²) in [5.74, 6) is 1.25. The van der Waals surface area contributed by atoms with Gasteiger partial charge in [-0.2, -0.15) is 5.10 Å². The highest BCUT2D eigenvalue weighted by atomic mass is 35.5. The van der Waals surface area contributed by atoms with Gasteiger partial charge in [0.1, 0.15) is 12.7 Å². The number of nitrogens with zero attached hydrogens (tertiary/aromatic N) is 6. The largest absolute Gasteiger partial charge is 0.341 e. The van der Waals surface area contributed by atoms with E-state index in [2.05, 4.69) is 39.0 Å². The zero-order valence-electron chi connectivity index (χ0n) is 19.3. The van der Waals surface area contributed by atoms with Crippen LogP contribution in [0.5, 0.6) is 0 Å². The first-order valence-corrected chi connectivity index (χ1v) is 11.9. The number of rotatable bonds is 6. The van der Waals surface area contributed by atoms with E-state index in [4.69, 9.17) is 11.6 Å². The molecule has 0 unspecified atom stereocenters. The van der Waals surface area contributed by atoms with E-state index < -0.39 is 0 Å². The maximum Gasteiger partial charge on any atom is 0.238 e. The maximum absolute atomic E-state index is 12.8. The van der Waals surface area contributed by atoms with Crippen molar-refractivity contribution >= 4 is 29.1 Å². The van der Waals surface area contributed by atoms with Crippen LogP contribution in [0.3, 0.4) is 0 Å². The molecule has 2 aromatic rings. The molecule has 2 fully saturated rings. The van der Waals surface area contributed by atoms with Crippen LogP contribution in [0.4, 0.5) is 5.69 Å². The number of halogens is 1. The van der Waals surface area contributed by atoms with Crippen molar-refractivity contribution < 1.29 is 9.59 Å². The van der Waals surface area contributed by atoms with Crippen molar-refractivity contribution in [3.63, 3.8) is 0 Å². The lowest BCUT2D eigenvalue weighted by Gasteiger charge is -2.38. The Morgan fingerprint density at radius 2 is 1.73 bits per heavy atom. The lowest BCUT2D eigenvalue weighted by molar-refractivity contribution is -0.135. The molecule has 178 valence electrons. The first-order chi connectivity index (χ1) is 15.9. The van der Waals surface area contributed by atoms with E-state index in [-0.39, 0.29) is 18.4 Å². The van der Waals surface area contributed by atoms with E-state index in [1.54, 1.807) is 29.2 Å². The Balaban J connectivity index is 1.25. The molecule has 2 aliphatic rings. The quantitative estimate of drug-likeness (QED) is 0.690. The Hall–Kier alpha value is -2.49. The van der Waals surface area contributed by atoms with Crippen molar-refractivity contribution in [3.05, 3.63) is 35.9 Å². The van der Waals surface area contributed by atoms with Gasteiger partial charge >= 0.3 is 0 Å². The van der Waals surface area contributed by atoms with Crippen LogP contribution in [-0.4, -0.2) is 93.6 Å². The lowest BCUT2D eigenvalue weighted by atomic mass is 9.92. The number of likely N-dealkylation sites (tertiary alicyclic amines) is 1. The monoisotopic (exact) mass is 473 g/mol. The normalized spacial score (nSPS) is 22.3. The molecule has 1 aromatic heterocycles. The molecule has 0 radical (unpaired) electrons. The molecular weight excluding hydrogens is 442 g/mol. The van der Waals surface area contributed by atoms with E-state index in [1.807, 2.05) is 4.90 Å². The molecule has 9 nitrogen and oxygen atoms in total. The van der Waals surface area contributed by atoms with Crippen LogP contribution >= 0.6 is 11.6 Å². The number of aromatic nitrogens is 3. The summed E-state index contributed by atoms with van der Waals surface area (Å²) in [6.07, 6.45) is 4.21. The predicted molar refractivity (Wildman–Crippen MR) is 127 cm³/mol. The molecule has 10 heteroatoms. The fourth-order valence-corrected chi connectivity index (χ4v) is 4.97. The van der Waals surface area contributed by atoms with Crippen LogP contribution in [-0.2, 0) is 9.59 Å². The summed E-state index contributed by atoms with van der Waals surface area (Å²) in [6, 6.07) is 5.26. The minimum atomic E-state index is -0.112. The summed E-state index contributed by atoms with van der Waals surface area (Å²) >= 11 is 6.14. The van der Waals surface area contributed by atoms with Crippen LogP contribution in [0, 0.1) is 11.8 Å². The number of nitrogens with one attached hydrogen (secondary N) is 1. The van der Waals surface area contributed by atoms with Crippen molar-refractivity contribution in [1.29, 1.82) is 0 Å². The predicted octanol–water partition coefficient (Wildman–Crippen LogP) is 1.98. The number of piperidine rings is 1. The molecule has 0 bridgehead atoms. The summed E-state index contributed by atoms with van der Waals surface area (Å²) in [5, 5.41) is 7.62. The number of anilines is 1. The first-order valence-electron chi connectivity index (χ1n) is 11.5. The summed E-state index contributed by atoms with van der Waals surface area (Å²) in [5.41, 5.74) is 1.29. The van der Waals surface area contributed by atoms with Gasteiger partial charge in [-0.1, -0.05) is 25.4 Å². The van der Waals surface area contributed by atoms with Gasteiger partial charge in [0, 0.05) is 44.3 Å². The van der Waals surface area contributed by atoms with Crippen molar-refractivity contribution in [2.45, 2.75) is 20.3 Å². The summed E-state index contributed by atoms with van der Waals surface area (Å²) < 4.78 is 1.59. The van der Waals surface area contributed by atoms with Crippen LogP contribution in [0.15, 0.2) is 30.9 Å². The van der Waals surface area contributed by atoms with E-state index in [9.17, 15) is 9.59 Å². The molecule has 0 spiro atoms. The smallest absolute Gasteiger partial charge is 0.238 e.